The van der Waals surface area contributed by atoms with Gasteiger partial charge in [0.15, 0.2) is 11.5 Å². The lowest BCUT2D eigenvalue weighted by molar-refractivity contribution is -0.124. The van der Waals surface area contributed by atoms with E-state index < -0.39 is 6.04 Å². The van der Waals surface area contributed by atoms with Crippen molar-refractivity contribution in [1.29, 1.82) is 0 Å². The van der Waals surface area contributed by atoms with Crippen molar-refractivity contribution in [2.24, 2.45) is 11.7 Å². The molecule has 0 heterocycles. The number of methoxy groups -OCH3 is 2. The molecule has 0 saturated carbocycles. The molecule has 0 aliphatic heterocycles. The second-order valence-electron chi connectivity index (χ2n) is 5.71. The Balaban J connectivity index is 2.65. The van der Waals surface area contributed by atoms with Crippen molar-refractivity contribution in [3.8, 4) is 11.5 Å². The molecule has 5 heteroatoms. The Morgan fingerprint density at radius 3 is 2.41 bits per heavy atom. The van der Waals surface area contributed by atoms with Gasteiger partial charge in [-0.15, -0.1) is 0 Å². The Labute approximate surface area is 133 Å². The van der Waals surface area contributed by atoms with E-state index in [1.165, 1.54) is 0 Å². The van der Waals surface area contributed by atoms with E-state index in [4.69, 9.17) is 15.2 Å². The van der Waals surface area contributed by atoms with E-state index in [1.54, 1.807) is 14.2 Å². The van der Waals surface area contributed by atoms with Crippen LogP contribution >= 0.6 is 0 Å². The highest BCUT2D eigenvalue weighted by Gasteiger charge is 2.20. The summed E-state index contributed by atoms with van der Waals surface area (Å²) in [5, 5.41) is 2.97. The van der Waals surface area contributed by atoms with E-state index in [-0.39, 0.29) is 17.9 Å². The highest BCUT2D eigenvalue weighted by Crippen LogP contribution is 2.27. The van der Waals surface area contributed by atoms with Gasteiger partial charge in [-0.1, -0.05) is 26.3 Å². The fourth-order valence-electron chi connectivity index (χ4n) is 2.26. The molecular formula is C17H28N2O3. The van der Waals surface area contributed by atoms with Crippen molar-refractivity contribution in [2.45, 2.75) is 45.7 Å². The lowest BCUT2D eigenvalue weighted by Crippen LogP contribution is -2.48. The number of rotatable bonds is 8. The molecule has 1 amide bonds. The average Bonchev–Trinajstić information content (AvgIpc) is 2.52. The van der Waals surface area contributed by atoms with Gasteiger partial charge in [-0.25, -0.2) is 0 Å². The molecule has 1 rings (SSSR count). The fourth-order valence-corrected chi connectivity index (χ4v) is 2.26. The van der Waals surface area contributed by atoms with Crippen molar-refractivity contribution in [2.75, 3.05) is 14.2 Å². The Hall–Kier alpha value is -1.75. The Bertz CT molecular complexity index is 491. The predicted octanol–water partition coefficient (Wildman–Crippen LogP) is 2.12. The smallest absolute Gasteiger partial charge is 0.237 e. The Kier molecular flexibility index (Phi) is 7.18. The van der Waals surface area contributed by atoms with E-state index in [2.05, 4.69) is 5.32 Å². The summed E-state index contributed by atoms with van der Waals surface area (Å²) < 4.78 is 10.5. The second kappa shape index (κ2) is 8.63. The first-order valence-electron chi connectivity index (χ1n) is 7.69. The molecular weight excluding hydrogens is 280 g/mol. The average molecular weight is 308 g/mol. The number of nitrogens with two attached hydrogens (primary N) is 1. The summed E-state index contributed by atoms with van der Waals surface area (Å²) in [6, 6.07) is 5.31. The van der Waals surface area contributed by atoms with Crippen LogP contribution in [0.4, 0.5) is 0 Å². The molecule has 22 heavy (non-hydrogen) atoms. The van der Waals surface area contributed by atoms with Gasteiger partial charge in [0.05, 0.1) is 20.3 Å². The Morgan fingerprint density at radius 1 is 1.23 bits per heavy atom. The summed E-state index contributed by atoms with van der Waals surface area (Å²) >= 11 is 0. The Morgan fingerprint density at radius 2 is 1.86 bits per heavy atom. The van der Waals surface area contributed by atoms with E-state index in [9.17, 15) is 4.79 Å². The number of carbonyl (C=O) groups is 1. The molecule has 124 valence electrons. The van der Waals surface area contributed by atoms with Gasteiger partial charge in [0.2, 0.25) is 5.91 Å². The highest BCUT2D eigenvalue weighted by molar-refractivity contribution is 5.82. The molecule has 0 fully saturated rings. The summed E-state index contributed by atoms with van der Waals surface area (Å²) in [6.07, 6.45) is 1.60. The second-order valence-corrected chi connectivity index (χ2v) is 5.71. The van der Waals surface area contributed by atoms with E-state index in [0.717, 1.165) is 12.0 Å². The summed E-state index contributed by atoms with van der Waals surface area (Å²) in [7, 11) is 3.22. The molecule has 0 aliphatic rings. The van der Waals surface area contributed by atoms with E-state index in [1.807, 2.05) is 39.0 Å². The van der Waals surface area contributed by atoms with Gasteiger partial charge in [0.1, 0.15) is 0 Å². The maximum Gasteiger partial charge on any atom is 0.237 e. The molecule has 1 aromatic carbocycles. The third-order valence-corrected chi connectivity index (χ3v) is 3.94. The van der Waals surface area contributed by atoms with Gasteiger partial charge >= 0.3 is 0 Å². The summed E-state index contributed by atoms with van der Waals surface area (Å²) in [6.45, 7) is 5.99. The summed E-state index contributed by atoms with van der Waals surface area (Å²) in [5.74, 6) is 1.46. The van der Waals surface area contributed by atoms with Gasteiger partial charge in [0, 0.05) is 6.04 Å². The number of hydrogen-bond donors (Lipinski definition) is 2. The maximum atomic E-state index is 12.1. The van der Waals surface area contributed by atoms with Crippen molar-refractivity contribution in [3.63, 3.8) is 0 Å². The van der Waals surface area contributed by atoms with Crippen LogP contribution in [0.5, 0.6) is 11.5 Å². The van der Waals surface area contributed by atoms with Gasteiger partial charge in [-0.3, -0.25) is 4.79 Å². The molecule has 3 N–H and O–H groups in total. The van der Waals surface area contributed by atoms with Gasteiger partial charge < -0.3 is 20.5 Å². The molecule has 3 atom stereocenters. The quantitative estimate of drug-likeness (QED) is 0.771. The van der Waals surface area contributed by atoms with Crippen molar-refractivity contribution >= 4 is 5.91 Å². The van der Waals surface area contributed by atoms with E-state index >= 15 is 0 Å². The number of ether oxygens (including phenoxy) is 2. The van der Waals surface area contributed by atoms with Gasteiger partial charge in [-0.05, 0) is 37.0 Å². The monoisotopic (exact) mass is 308 g/mol. The molecule has 0 bridgehead atoms. The van der Waals surface area contributed by atoms with E-state index in [0.29, 0.717) is 17.9 Å². The zero-order valence-electron chi connectivity index (χ0n) is 14.2. The molecule has 3 unspecified atom stereocenters. The molecule has 5 nitrogen and oxygen atoms in total. The van der Waals surface area contributed by atoms with Crippen LogP contribution in [-0.4, -0.2) is 32.2 Å². The minimum absolute atomic E-state index is 0.000655. The van der Waals surface area contributed by atoms with Gasteiger partial charge in [0.25, 0.3) is 0 Å². The normalized spacial score (nSPS) is 14.8. The minimum Gasteiger partial charge on any atom is -0.493 e. The van der Waals surface area contributed by atoms with Crippen LogP contribution in [0.25, 0.3) is 0 Å². The lowest BCUT2D eigenvalue weighted by atomic mass is 9.98. The standard InChI is InChI=1S/C17H28N2O3/c1-6-11(2)16(18)17(20)19-12(3)9-13-7-8-14(21-4)15(10-13)22-5/h7-8,10-12,16H,6,9,18H2,1-5H3,(H,19,20). The maximum absolute atomic E-state index is 12.1. The van der Waals surface area contributed by atoms with Gasteiger partial charge in [-0.2, -0.15) is 0 Å². The zero-order valence-corrected chi connectivity index (χ0v) is 14.2. The number of benzene rings is 1. The van der Waals surface area contributed by atoms with Crippen LogP contribution in [0.2, 0.25) is 0 Å². The zero-order chi connectivity index (χ0) is 16.7. The molecule has 0 aliphatic carbocycles. The lowest BCUT2D eigenvalue weighted by Gasteiger charge is -2.21. The highest BCUT2D eigenvalue weighted by atomic mass is 16.5. The third-order valence-electron chi connectivity index (χ3n) is 3.94. The first-order valence-corrected chi connectivity index (χ1v) is 7.69. The first-order chi connectivity index (χ1) is 10.4. The molecule has 0 radical (unpaired) electrons. The summed E-state index contributed by atoms with van der Waals surface area (Å²) in [4.78, 5) is 12.1. The molecule has 0 aromatic heterocycles. The van der Waals surface area contributed by atoms with Crippen LogP contribution in [-0.2, 0) is 11.2 Å². The van der Waals surface area contributed by atoms with Crippen LogP contribution in [0.3, 0.4) is 0 Å². The topological polar surface area (TPSA) is 73.6 Å². The fraction of sp³-hybridized carbons (Fsp3) is 0.588. The van der Waals surface area contributed by atoms with Crippen molar-refractivity contribution in [1.82, 2.24) is 5.32 Å². The largest absolute Gasteiger partial charge is 0.493 e. The molecule has 0 spiro atoms. The predicted molar refractivity (Wildman–Crippen MR) is 88.3 cm³/mol. The number of carbonyl (C=O) groups excluding carboxylic acids is 1. The van der Waals surface area contributed by atoms with Crippen LogP contribution < -0.4 is 20.5 Å². The number of nitrogens with one attached hydrogen (secondary N) is 1. The van der Waals surface area contributed by atoms with Crippen LogP contribution in [0, 0.1) is 5.92 Å². The van der Waals surface area contributed by atoms with Crippen molar-refractivity contribution in [3.05, 3.63) is 23.8 Å². The number of amides is 1. The minimum atomic E-state index is -0.460. The third kappa shape index (κ3) is 4.91. The van der Waals surface area contributed by atoms with Crippen molar-refractivity contribution < 1.29 is 14.3 Å². The molecule has 1 aromatic rings. The molecule has 0 saturated heterocycles. The first kappa shape index (κ1) is 18.3. The SMILES string of the molecule is CCC(C)C(N)C(=O)NC(C)Cc1ccc(OC)c(OC)c1. The number of hydrogen-bond acceptors (Lipinski definition) is 4. The van der Waals surface area contributed by atoms with Crippen LogP contribution in [0.1, 0.15) is 32.8 Å². The summed E-state index contributed by atoms with van der Waals surface area (Å²) in [5.41, 5.74) is 7.02. The van der Waals surface area contributed by atoms with Crippen LogP contribution in [0.15, 0.2) is 18.2 Å².